The molecule has 0 saturated heterocycles. The van der Waals surface area contributed by atoms with Crippen molar-refractivity contribution in [2.45, 2.75) is 18.2 Å². The normalized spacial score (nSPS) is 11.5. The number of rotatable bonds is 5. The van der Waals surface area contributed by atoms with E-state index in [1.165, 1.54) is 11.8 Å². The fourth-order valence-corrected chi connectivity index (χ4v) is 4.15. The van der Waals surface area contributed by atoms with Crippen LogP contribution < -0.4 is 0 Å². The molecule has 1 heterocycles. The predicted octanol–water partition coefficient (Wildman–Crippen LogP) is 5.17. The van der Waals surface area contributed by atoms with E-state index in [-0.39, 0.29) is 0 Å². The fourth-order valence-electron chi connectivity index (χ4n) is 3.48. The van der Waals surface area contributed by atoms with Crippen molar-refractivity contribution >= 4 is 9.84 Å². The molecule has 0 bridgehead atoms. The standard InChI is InChI=1S/C24H22N2O2S/c1-3-18-7-4-5-10-23(18)24-25-15-16-26(24)21-13-11-19(12-14-21)20-8-6-9-22(17-20)29(2,27)28/h4-17H,3H2,1-2H3. The first-order valence-corrected chi connectivity index (χ1v) is 11.4. The molecule has 0 saturated carbocycles. The van der Waals surface area contributed by atoms with E-state index in [9.17, 15) is 8.42 Å². The Hall–Kier alpha value is -3.18. The minimum atomic E-state index is -3.23. The third-order valence-corrected chi connectivity index (χ3v) is 6.13. The van der Waals surface area contributed by atoms with Crippen LogP contribution in [-0.2, 0) is 16.3 Å². The van der Waals surface area contributed by atoms with E-state index in [0.717, 1.165) is 34.6 Å². The molecule has 0 N–H and O–H groups in total. The molecule has 0 amide bonds. The molecule has 0 atom stereocenters. The maximum absolute atomic E-state index is 11.8. The van der Waals surface area contributed by atoms with Crippen LogP contribution in [0.15, 0.2) is 90.1 Å². The van der Waals surface area contributed by atoms with Crippen molar-refractivity contribution in [1.82, 2.24) is 9.55 Å². The van der Waals surface area contributed by atoms with Gasteiger partial charge in [-0.15, -0.1) is 0 Å². The van der Waals surface area contributed by atoms with E-state index in [1.807, 2.05) is 48.8 Å². The molecule has 4 rings (SSSR count). The van der Waals surface area contributed by atoms with Crippen molar-refractivity contribution in [2.24, 2.45) is 0 Å². The largest absolute Gasteiger partial charge is 0.300 e. The first-order valence-electron chi connectivity index (χ1n) is 9.50. The van der Waals surface area contributed by atoms with Crippen LogP contribution >= 0.6 is 0 Å². The van der Waals surface area contributed by atoms with Gasteiger partial charge in [-0.2, -0.15) is 0 Å². The predicted molar refractivity (Wildman–Crippen MR) is 117 cm³/mol. The summed E-state index contributed by atoms with van der Waals surface area (Å²) in [5, 5.41) is 0. The van der Waals surface area contributed by atoms with Gasteiger partial charge in [-0.1, -0.05) is 55.5 Å². The molecule has 4 nitrogen and oxygen atoms in total. The monoisotopic (exact) mass is 402 g/mol. The average Bonchev–Trinajstić information content (AvgIpc) is 3.23. The summed E-state index contributed by atoms with van der Waals surface area (Å²) in [7, 11) is -3.23. The number of sulfone groups is 1. The molecule has 1 aromatic heterocycles. The highest BCUT2D eigenvalue weighted by atomic mass is 32.2. The second-order valence-electron chi connectivity index (χ2n) is 6.98. The fraction of sp³-hybridized carbons (Fsp3) is 0.125. The number of imidazole rings is 1. The summed E-state index contributed by atoms with van der Waals surface area (Å²) in [6.07, 6.45) is 5.94. The molecule has 0 fully saturated rings. The van der Waals surface area contributed by atoms with Crippen molar-refractivity contribution in [3.63, 3.8) is 0 Å². The van der Waals surface area contributed by atoms with E-state index >= 15 is 0 Å². The number of hydrogen-bond donors (Lipinski definition) is 0. The lowest BCUT2D eigenvalue weighted by molar-refractivity contribution is 0.602. The molecule has 0 aliphatic rings. The number of hydrogen-bond acceptors (Lipinski definition) is 3. The maximum Gasteiger partial charge on any atom is 0.175 e. The van der Waals surface area contributed by atoms with Gasteiger partial charge in [-0.25, -0.2) is 13.4 Å². The Morgan fingerprint density at radius 3 is 2.38 bits per heavy atom. The molecule has 29 heavy (non-hydrogen) atoms. The van der Waals surface area contributed by atoms with Crippen LogP contribution in [0.25, 0.3) is 28.2 Å². The minimum Gasteiger partial charge on any atom is -0.300 e. The molecule has 146 valence electrons. The Bertz CT molecular complexity index is 1260. The molecule has 0 aliphatic carbocycles. The second kappa shape index (κ2) is 7.68. The van der Waals surface area contributed by atoms with Gasteiger partial charge in [0.05, 0.1) is 4.90 Å². The molecule has 0 radical (unpaired) electrons. The Morgan fingerprint density at radius 2 is 1.66 bits per heavy atom. The summed E-state index contributed by atoms with van der Waals surface area (Å²) in [4.78, 5) is 4.91. The summed E-state index contributed by atoms with van der Waals surface area (Å²) >= 11 is 0. The molecule has 0 unspecified atom stereocenters. The van der Waals surface area contributed by atoms with Gasteiger partial charge in [0.25, 0.3) is 0 Å². The molecule has 0 spiro atoms. The Labute approximate surface area is 171 Å². The lowest BCUT2D eigenvalue weighted by Crippen LogP contribution is -1.99. The van der Waals surface area contributed by atoms with E-state index in [1.54, 1.807) is 18.2 Å². The smallest absolute Gasteiger partial charge is 0.175 e. The first-order chi connectivity index (χ1) is 14.0. The Kier molecular flexibility index (Phi) is 5.07. The van der Waals surface area contributed by atoms with Gasteiger partial charge < -0.3 is 0 Å². The van der Waals surface area contributed by atoms with E-state index in [4.69, 9.17) is 0 Å². The van der Waals surface area contributed by atoms with Gasteiger partial charge in [-0.3, -0.25) is 4.57 Å². The molecule has 0 aliphatic heterocycles. The number of benzene rings is 3. The second-order valence-corrected chi connectivity index (χ2v) is 8.99. The third kappa shape index (κ3) is 3.87. The van der Waals surface area contributed by atoms with Gasteiger partial charge in [-0.05, 0) is 47.4 Å². The highest BCUT2D eigenvalue weighted by Crippen LogP contribution is 2.28. The molecular formula is C24H22N2O2S. The molecule has 4 aromatic rings. The summed E-state index contributed by atoms with van der Waals surface area (Å²) in [5.41, 5.74) is 5.24. The van der Waals surface area contributed by atoms with Gasteiger partial charge >= 0.3 is 0 Å². The summed E-state index contributed by atoms with van der Waals surface area (Å²) in [5.74, 6) is 0.911. The first kappa shape index (κ1) is 19.2. The number of nitrogens with zero attached hydrogens (tertiary/aromatic N) is 2. The highest BCUT2D eigenvalue weighted by Gasteiger charge is 2.12. The topological polar surface area (TPSA) is 52.0 Å². The molecule has 3 aromatic carbocycles. The lowest BCUT2D eigenvalue weighted by Gasteiger charge is -2.12. The van der Waals surface area contributed by atoms with Crippen LogP contribution in [0.5, 0.6) is 0 Å². The SMILES string of the molecule is CCc1ccccc1-c1nccn1-c1ccc(-c2cccc(S(C)(=O)=O)c2)cc1. The quantitative estimate of drug-likeness (QED) is 0.463. The van der Waals surface area contributed by atoms with E-state index in [2.05, 4.69) is 34.7 Å². The highest BCUT2D eigenvalue weighted by molar-refractivity contribution is 7.90. The molecular weight excluding hydrogens is 380 g/mol. The van der Waals surface area contributed by atoms with Crippen LogP contribution in [0, 0.1) is 0 Å². The van der Waals surface area contributed by atoms with Gasteiger partial charge in [0.1, 0.15) is 5.82 Å². The molecule has 5 heteroatoms. The Balaban J connectivity index is 1.71. The average molecular weight is 403 g/mol. The van der Waals surface area contributed by atoms with Gasteiger partial charge in [0.15, 0.2) is 9.84 Å². The van der Waals surface area contributed by atoms with Crippen molar-refractivity contribution in [3.05, 3.63) is 90.8 Å². The van der Waals surface area contributed by atoms with Crippen molar-refractivity contribution < 1.29 is 8.42 Å². The zero-order valence-electron chi connectivity index (χ0n) is 16.4. The van der Waals surface area contributed by atoms with Gasteiger partial charge in [0, 0.05) is 29.9 Å². The Morgan fingerprint density at radius 1 is 0.897 bits per heavy atom. The third-order valence-electron chi connectivity index (χ3n) is 5.02. The van der Waals surface area contributed by atoms with E-state index in [0.29, 0.717) is 4.90 Å². The zero-order valence-corrected chi connectivity index (χ0v) is 17.2. The maximum atomic E-state index is 11.8. The van der Waals surface area contributed by atoms with Crippen molar-refractivity contribution in [1.29, 1.82) is 0 Å². The van der Waals surface area contributed by atoms with Crippen LogP contribution in [0.1, 0.15) is 12.5 Å². The van der Waals surface area contributed by atoms with Crippen LogP contribution in [-0.4, -0.2) is 24.2 Å². The van der Waals surface area contributed by atoms with E-state index < -0.39 is 9.84 Å². The van der Waals surface area contributed by atoms with Crippen molar-refractivity contribution in [2.75, 3.05) is 6.26 Å². The zero-order chi connectivity index (χ0) is 20.4. The number of aromatic nitrogens is 2. The van der Waals surface area contributed by atoms with Crippen LogP contribution in [0.4, 0.5) is 0 Å². The lowest BCUT2D eigenvalue weighted by atomic mass is 10.0. The van der Waals surface area contributed by atoms with Crippen LogP contribution in [0.3, 0.4) is 0 Å². The summed E-state index contributed by atoms with van der Waals surface area (Å²) in [6, 6.07) is 23.4. The summed E-state index contributed by atoms with van der Waals surface area (Å²) in [6.45, 7) is 2.14. The van der Waals surface area contributed by atoms with Gasteiger partial charge in [0.2, 0.25) is 0 Å². The number of aryl methyl sites for hydroxylation is 1. The van der Waals surface area contributed by atoms with Crippen molar-refractivity contribution in [3.8, 4) is 28.2 Å². The summed E-state index contributed by atoms with van der Waals surface area (Å²) < 4.78 is 25.8. The van der Waals surface area contributed by atoms with Crippen LogP contribution in [0.2, 0.25) is 0 Å². The minimum absolute atomic E-state index is 0.326.